The van der Waals surface area contributed by atoms with Crippen molar-refractivity contribution >= 4 is 65.0 Å². The third kappa shape index (κ3) is 4.06. The Morgan fingerprint density at radius 2 is 0.883 bits per heavy atom. The Balaban J connectivity index is 1.08. The first-order chi connectivity index (χ1) is 29.8. The third-order valence-corrected chi connectivity index (χ3v) is 13.9. The Labute approximate surface area is 346 Å². The number of furan rings is 1. The predicted molar refractivity (Wildman–Crippen MR) is 251 cm³/mol. The first-order valence-corrected chi connectivity index (χ1v) is 20.9. The molecule has 0 saturated carbocycles. The fraction of sp³-hybridized carbons (Fsp3) is 0.0169. The lowest BCUT2D eigenvalue weighted by Gasteiger charge is -2.31. The van der Waals surface area contributed by atoms with E-state index in [2.05, 4.69) is 200 Å². The maximum atomic E-state index is 6.40. The van der Waals surface area contributed by atoms with Gasteiger partial charge in [-0.15, -0.1) is 0 Å². The van der Waals surface area contributed by atoms with Crippen LogP contribution >= 0.6 is 0 Å². The Morgan fingerprint density at radius 3 is 1.73 bits per heavy atom. The van der Waals surface area contributed by atoms with E-state index < -0.39 is 5.41 Å². The van der Waals surface area contributed by atoms with Crippen LogP contribution in [0.15, 0.2) is 211 Å². The number of hydrogen-bond donors (Lipinski definition) is 0. The molecule has 1 aromatic heterocycles. The molecule has 2 aliphatic carbocycles. The van der Waals surface area contributed by atoms with E-state index in [0.29, 0.717) is 0 Å². The molecule has 0 atom stereocenters. The molecule has 0 saturated heterocycles. The number of rotatable bonds is 2. The molecule has 0 radical (unpaired) electrons. The second-order valence-electron chi connectivity index (χ2n) is 16.7. The highest BCUT2D eigenvalue weighted by Gasteiger charge is 2.52. The fourth-order valence-electron chi connectivity index (χ4n) is 11.4. The van der Waals surface area contributed by atoms with E-state index in [0.717, 1.165) is 27.5 Å². The van der Waals surface area contributed by atoms with Crippen LogP contribution in [-0.2, 0) is 5.41 Å². The van der Waals surface area contributed by atoms with Crippen molar-refractivity contribution in [1.82, 2.24) is 0 Å². The average molecular weight is 759 g/mol. The van der Waals surface area contributed by atoms with Crippen LogP contribution in [0.4, 0.5) is 0 Å². The van der Waals surface area contributed by atoms with Gasteiger partial charge in [0.15, 0.2) is 0 Å². The molecular formula is C59H34O. The maximum absolute atomic E-state index is 6.40. The lowest BCUT2D eigenvalue weighted by Crippen LogP contribution is -2.25. The molecule has 2 aliphatic rings. The van der Waals surface area contributed by atoms with E-state index in [4.69, 9.17) is 4.42 Å². The van der Waals surface area contributed by atoms with E-state index in [1.807, 2.05) is 6.07 Å². The second kappa shape index (κ2) is 11.7. The maximum Gasteiger partial charge on any atom is 0.136 e. The summed E-state index contributed by atoms with van der Waals surface area (Å²) in [6.45, 7) is 0. The van der Waals surface area contributed by atoms with Gasteiger partial charge < -0.3 is 4.42 Å². The topological polar surface area (TPSA) is 13.1 Å². The normalized spacial score (nSPS) is 13.5. The second-order valence-corrected chi connectivity index (χ2v) is 16.7. The minimum atomic E-state index is -0.488. The predicted octanol–water partition coefficient (Wildman–Crippen LogP) is 15.9. The van der Waals surface area contributed by atoms with Crippen molar-refractivity contribution in [3.05, 3.63) is 229 Å². The first-order valence-electron chi connectivity index (χ1n) is 20.9. The lowest BCUT2D eigenvalue weighted by molar-refractivity contribution is 0.669. The van der Waals surface area contributed by atoms with E-state index >= 15 is 0 Å². The van der Waals surface area contributed by atoms with Gasteiger partial charge in [0.25, 0.3) is 0 Å². The molecule has 0 amide bonds. The van der Waals surface area contributed by atoms with Crippen LogP contribution in [0.5, 0.6) is 0 Å². The zero-order valence-corrected chi connectivity index (χ0v) is 32.5. The number of para-hydroxylation sites is 1. The summed E-state index contributed by atoms with van der Waals surface area (Å²) in [6.07, 6.45) is 0. The molecule has 0 aliphatic heterocycles. The van der Waals surface area contributed by atoms with E-state index in [9.17, 15) is 0 Å². The molecule has 0 fully saturated rings. The van der Waals surface area contributed by atoms with Crippen molar-refractivity contribution in [1.29, 1.82) is 0 Å². The summed E-state index contributed by atoms with van der Waals surface area (Å²) in [5.41, 5.74) is 16.9. The highest BCUT2D eigenvalue weighted by Crippen LogP contribution is 2.64. The third-order valence-electron chi connectivity index (χ3n) is 13.9. The summed E-state index contributed by atoms with van der Waals surface area (Å²) in [5, 5.41) is 12.4. The van der Waals surface area contributed by atoms with E-state index in [1.165, 1.54) is 104 Å². The Hall–Kier alpha value is -7.74. The molecule has 1 heterocycles. The molecular weight excluding hydrogens is 725 g/mol. The summed E-state index contributed by atoms with van der Waals surface area (Å²) < 4.78 is 6.40. The van der Waals surface area contributed by atoms with Gasteiger partial charge in [-0.3, -0.25) is 0 Å². The molecule has 276 valence electrons. The van der Waals surface area contributed by atoms with Crippen LogP contribution < -0.4 is 0 Å². The van der Waals surface area contributed by atoms with E-state index in [-0.39, 0.29) is 0 Å². The minimum absolute atomic E-state index is 0.488. The lowest BCUT2D eigenvalue weighted by atomic mass is 9.70. The highest BCUT2D eigenvalue weighted by atomic mass is 16.3. The van der Waals surface area contributed by atoms with Crippen molar-refractivity contribution in [2.75, 3.05) is 0 Å². The number of fused-ring (bicyclic) bond motifs is 19. The van der Waals surface area contributed by atoms with Crippen LogP contribution in [0, 0.1) is 0 Å². The van der Waals surface area contributed by atoms with Gasteiger partial charge in [-0.2, -0.15) is 0 Å². The molecule has 1 spiro atoms. The monoisotopic (exact) mass is 758 g/mol. The fourth-order valence-corrected chi connectivity index (χ4v) is 11.4. The Kier molecular flexibility index (Phi) is 6.28. The molecule has 11 aromatic carbocycles. The molecule has 60 heavy (non-hydrogen) atoms. The van der Waals surface area contributed by atoms with Gasteiger partial charge in [0.1, 0.15) is 11.2 Å². The first kappa shape index (κ1) is 32.2. The van der Waals surface area contributed by atoms with Gasteiger partial charge in [-0.1, -0.05) is 176 Å². The highest BCUT2D eigenvalue weighted by molar-refractivity contribution is 6.20. The molecule has 1 nitrogen and oxygen atoms in total. The zero-order valence-electron chi connectivity index (χ0n) is 32.5. The molecule has 12 aromatic rings. The van der Waals surface area contributed by atoms with Gasteiger partial charge in [-0.05, 0) is 140 Å². The van der Waals surface area contributed by atoms with Crippen LogP contribution in [-0.4, -0.2) is 0 Å². The van der Waals surface area contributed by atoms with Gasteiger partial charge in [-0.25, -0.2) is 0 Å². The number of benzene rings is 11. The van der Waals surface area contributed by atoms with Gasteiger partial charge in [0.2, 0.25) is 0 Å². The summed E-state index contributed by atoms with van der Waals surface area (Å²) >= 11 is 0. The van der Waals surface area contributed by atoms with Crippen molar-refractivity contribution in [2.24, 2.45) is 0 Å². The van der Waals surface area contributed by atoms with Crippen molar-refractivity contribution in [2.45, 2.75) is 5.41 Å². The van der Waals surface area contributed by atoms with Crippen molar-refractivity contribution < 1.29 is 4.42 Å². The number of hydrogen-bond acceptors (Lipinski definition) is 1. The van der Waals surface area contributed by atoms with Crippen LogP contribution in [0.2, 0.25) is 0 Å². The van der Waals surface area contributed by atoms with Crippen LogP contribution in [0.1, 0.15) is 22.3 Å². The minimum Gasteiger partial charge on any atom is -0.456 e. The van der Waals surface area contributed by atoms with Crippen LogP contribution in [0.3, 0.4) is 0 Å². The van der Waals surface area contributed by atoms with Crippen molar-refractivity contribution in [3.8, 4) is 44.5 Å². The molecule has 0 bridgehead atoms. The quantitative estimate of drug-likeness (QED) is 0.126. The van der Waals surface area contributed by atoms with Gasteiger partial charge in [0, 0.05) is 10.8 Å². The van der Waals surface area contributed by atoms with E-state index in [1.54, 1.807) is 0 Å². The Morgan fingerprint density at radius 1 is 0.267 bits per heavy atom. The summed E-state index contributed by atoms with van der Waals surface area (Å²) in [5.74, 6) is 0. The van der Waals surface area contributed by atoms with Gasteiger partial charge >= 0.3 is 0 Å². The summed E-state index contributed by atoms with van der Waals surface area (Å²) in [6, 6.07) is 77.0. The molecule has 0 unspecified atom stereocenters. The SMILES string of the molecule is c1ccc2c(c1)-c1ccccc1C21c2cc(-c3c4ccccc4cc4c3ccc3ccccc34)ccc2-c2c1ccc1c(-c3ccc4c(c3)oc3ccccc34)cccc21. The van der Waals surface area contributed by atoms with Crippen molar-refractivity contribution in [3.63, 3.8) is 0 Å². The standard InChI is InChI=1S/C59H34O/c1-3-14-39-35(12-1)24-28-48-50(39)32-36-13-2-4-15-41(36)57(48)38-26-29-49-54(33-38)59(51-21-8-5-16-43(51)44-17-6-9-22-52(44)59)53-31-30-42-40(19-11-20-47(42)58(49)53)37-25-27-46-45-18-7-10-23-55(45)60-56(46)34-37/h1-34H. The summed E-state index contributed by atoms with van der Waals surface area (Å²) in [4.78, 5) is 0. The summed E-state index contributed by atoms with van der Waals surface area (Å²) in [7, 11) is 0. The smallest absolute Gasteiger partial charge is 0.136 e. The average Bonchev–Trinajstić information content (AvgIpc) is 3.94. The van der Waals surface area contributed by atoms with Gasteiger partial charge in [0.05, 0.1) is 5.41 Å². The Bertz CT molecular complexity index is 3800. The molecule has 14 rings (SSSR count). The molecule has 1 heteroatoms. The molecule has 0 N–H and O–H groups in total. The van der Waals surface area contributed by atoms with Crippen LogP contribution in [0.25, 0.3) is 110 Å². The zero-order chi connectivity index (χ0) is 39.1. The largest absolute Gasteiger partial charge is 0.456 e.